The zero-order chi connectivity index (χ0) is 19.9. The Balaban J connectivity index is 2.04. The summed E-state index contributed by atoms with van der Waals surface area (Å²) in [7, 11) is 0. The SMILES string of the molecule is CCc1ccccc1-n1c(SCC(=O)NCCC#N)nc2ccccc2c1=O. The normalized spacial score (nSPS) is 10.6. The Labute approximate surface area is 167 Å². The first kappa shape index (κ1) is 19.6. The van der Waals surface area contributed by atoms with Crippen molar-refractivity contribution in [3.05, 3.63) is 64.4 Å². The third-order valence-corrected chi connectivity index (χ3v) is 5.19. The van der Waals surface area contributed by atoms with E-state index in [0.717, 1.165) is 17.7 Å². The van der Waals surface area contributed by atoms with Gasteiger partial charge in [-0.2, -0.15) is 5.26 Å². The van der Waals surface area contributed by atoms with E-state index in [1.54, 1.807) is 16.7 Å². The van der Waals surface area contributed by atoms with Crippen LogP contribution in [0, 0.1) is 11.3 Å². The third-order valence-electron chi connectivity index (χ3n) is 4.25. The summed E-state index contributed by atoms with van der Waals surface area (Å²) in [5.41, 5.74) is 2.26. The van der Waals surface area contributed by atoms with Crippen molar-refractivity contribution < 1.29 is 4.79 Å². The van der Waals surface area contributed by atoms with Crippen LogP contribution in [0.1, 0.15) is 18.9 Å². The van der Waals surface area contributed by atoms with Crippen molar-refractivity contribution in [3.63, 3.8) is 0 Å². The predicted molar refractivity (Wildman–Crippen MR) is 111 cm³/mol. The first-order valence-electron chi connectivity index (χ1n) is 9.02. The first-order valence-corrected chi connectivity index (χ1v) is 10.0. The Morgan fingerprint density at radius 3 is 2.75 bits per heavy atom. The molecule has 0 saturated carbocycles. The molecule has 6 nitrogen and oxygen atoms in total. The molecule has 0 spiro atoms. The van der Waals surface area contributed by atoms with Crippen LogP contribution in [0.25, 0.3) is 16.6 Å². The fourth-order valence-corrected chi connectivity index (χ4v) is 3.72. The van der Waals surface area contributed by atoms with Gasteiger partial charge in [-0.25, -0.2) is 4.98 Å². The predicted octanol–water partition coefficient (Wildman–Crippen LogP) is 3.07. The number of aryl methyl sites for hydroxylation is 1. The van der Waals surface area contributed by atoms with Gasteiger partial charge in [-0.05, 0) is 30.2 Å². The number of benzene rings is 2. The number of carbonyl (C=O) groups excluding carboxylic acids is 1. The number of fused-ring (bicyclic) bond motifs is 1. The van der Waals surface area contributed by atoms with E-state index in [1.165, 1.54) is 11.8 Å². The van der Waals surface area contributed by atoms with Crippen molar-refractivity contribution in [1.82, 2.24) is 14.9 Å². The molecule has 0 saturated heterocycles. The maximum atomic E-state index is 13.2. The highest BCUT2D eigenvalue weighted by Crippen LogP contribution is 2.23. The number of nitrogens with zero attached hydrogens (tertiary/aromatic N) is 3. The summed E-state index contributed by atoms with van der Waals surface area (Å²) in [4.78, 5) is 30.0. The summed E-state index contributed by atoms with van der Waals surface area (Å²) >= 11 is 1.21. The molecule has 0 atom stereocenters. The lowest BCUT2D eigenvalue weighted by Gasteiger charge is -2.15. The number of aromatic nitrogens is 2. The standard InChI is InChI=1S/C21H20N4O2S/c1-2-15-8-3-6-11-18(15)25-20(27)16-9-4-5-10-17(16)24-21(25)28-14-19(26)23-13-7-12-22/h3-6,8-11H,2,7,13-14H2,1H3,(H,23,26). The molecule has 1 amide bonds. The molecule has 1 heterocycles. The summed E-state index contributed by atoms with van der Waals surface area (Å²) < 4.78 is 1.59. The number of amides is 1. The van der Waals surface area contributed by atoms with E-state index in [1.807, 2.05) is 49.4 Å². The molecular weight excluding hydrogens is 372 g/mol. The van der Waals surface area contributed by atoms with E-state index in [0.29, 0.717) is 22.6 Å². The number of para-hydroxylation sites is 2. The van der Waals surface area contributed by atoms with Crippen molar-refractivity contribution in [2.24, 2.45) is 0 Å². The number of hydrogen-bond acceptors (Lipinski definition) is 5. The van der Waals surface area contributed by atoms with Crippen molar-refractivity contribution in [1.29, 1.82) is 5.26 Å². The number of hydrogen-bond donors (Lipinski definition) is 1. The maximum Gasteiger partial charge on any atom is 0.266 e. The van der Waals surface area contributed by atoms with E-state index in [4.69, 9.17) is 5.26 Å². The summed E-state index contributed by atoms with van der Waals surface area (Å²) in [6.07, 6.45) is 1.04. The van der Waals surface area contributed by atoms with Gasteiger partial charge in [0.1, 0.15) is 0 Å². The molecule has 1 N–H and O–H groups in total. The van der Waals surface area contributed by atoms with E-state index in [-0.39, 0.29) is 23.6 Å². The quantitative estimate of drug-likeness (QED) is 0.379. The fraction of sp³-hybridized carbons (Fsp3) is 0.238. The number of thioether (sulfide) groups is 1. The number of nitrogens with one attached hydrogen (secondary N) is 1. The lowest BCUT2D eigenvalue weighted by Crippen LogP contribution is -2.27. The van der Waals surface area contributed by atoms with Crippen LogP contribution in [0.5, 0.6) is 0 Å². The molecule has 2 aromatic carbocycles. The minimum absolute atomic E-state index is 0.116. The van der Waals surface area contributed by atoms with Gasteiger partial charge in [-0.15, -0.1) is 0 Å². The van der Waals surface area contributed by atoms with Crippen molar-refractivity contribution in [3.8, 4) is 11.8 Å². The minimum Gasteiger partial charge on any atom is -0.354 e. The molecule has 7 heteroatoms. The van der Waals surface area contributed by atoms with Crippen LogP contribution in [0.2, 0.25) is 0 Å². The molecule has 0 aliphatic heterocycles. The average Bonchev–Trinajstić information content (AvgIpc) is 2.72. The number of rotatable bonds is 7. The van der Waals surface area contributed by atoms with Gasteiger partial charge in [0, 0.05) is 6.54 Å². The van der Waals surface area contributed by atoms with Crippen LogP contribution < -0.4 is 10.9 Å². The van der Waals surface area contributed by atoms with Gasteiger partial charge in [-0.1, -0.05) is 49.0 Å². The average molecular weight is 392 g/mol. The van der Waals surface area contributed by atoms with Gasteiger partial charge in [0.05, 0.1) is 34.8 Å². The number of nitriles is 1. The Bertz CT molecular complexity index is 1100. The molecule has 0 unspecified atom stereocenters. The molecule has 0 bridgehead atoms. The highest BCUT2D eigenvalue weighted by atomic mass is 32.2. The molecule has 3 rings (SSSR count). The molecule has 3 aromatic rings. The van der Waals surface area contributed by atoms with E-state index >= 15 is 0 Å². The van der Waals surface area contributed by atoms with Crippen molar-refractivity contribution >= 4 is 28.6 Å². The van der Waals surface area contributed by atoms with Gasteiger partial charge in [0.15, 0.2) is 5.16 Å². The zero-order valence-electron chi connectivity index (χ0n) is 15.5. The highest BCUT2D eigenvalue weighted by molar-refractivity contribution is 7.99. The first-order chi connectivity index (χ1) is 13.7. The topological polar surface area (TPSA) is 87.8 Å². The lowest BCUT2D eigenvalue weighted by molar-refractivity contribution is -0.118. The molecule has 0 radical (unpaired) electrons. The van der Waals surface area contributed by atoms with Gasteiger partial charge in [0.25, 0.3) is 5.56 Å². The van der Waals surface area contributed by atoms with Crippen LogP contribution >= 0.6 is 11.8 Å². The molecule has 142 valence electrons. The second-order valence-corrected chi connectivity index (χ2v) is 7.02. The van der Waals surface area contributed by atoms with Crippen LogP contribution in [0.4, 0.5) is 0 Å². The summed E-state index contributed by atoms with van der Waals surface area (Å²) in [5, 5.41) is 12.3. The molecule has 0 aliphatic carbocycles. The Kier molecular flexibility index (Phi) is 6.45. The van der Waals surface area contributed by atoms with Crippen LogP contribution in [0.3, 0.4) is 0 Å². The van der Waals surface area contributed by atoms with Gasteiger partial charge >= 0.3 is 0 Å². The fourth-order valence-electron chi connectivity index (χ4n) is 2.89. The Hall–Kier alpha value is -3.11. The largest absolute Gasteiger partial charge is 0.354 e. The monoisotopic (exact) mass is 392 g/mol. The van der Waals surface area contributed by atoms with Gasteiger partial charge in [0.2, 0.25) is 5.91 Å². The minimum atomic E-state index is -0.196. The third kappa shape index (κ3) is 4.24. The van der Waals surface area contributed by atoms with E-state index < -0.39 is 0 Å². The second-order valence-electron chi connectivity index (χ2n) is 6.08. The number of carbonyl (C=O) groups is 1. The van der Waals surface area contributed by atoms with E-state index in [2.05, 4.69) is 10.3 Å². The summed E-state index contributed by atoms with van der Waals surface area (Å²) in [5.74, 6) is -0.0807. The van der Waals surface area contributed by atoms with Gasteiger partial charge in [-0.3, -0.25) is 14.2 Å². The highest BCUT2D eigenvalue weighted by Gasteiger charge is 2.16. The Morgan fingerprint density at radius 2 is 1.96 bits per heavy atom. The van der Waals surface area contributed by atoms with Gasteiger partial charge < -0.3 is 5.32 Å². The van der Waals surface area contributed by atoms with E-state index in [9.17, 15) is 9.59 Å². The maximum absolute atomic E-state index is 13.2. The van der Waals surface area contributed by atoms with Crippen molar-refractivity contribution in [2.75, 3.05) is 12.3 Å². The molecular formula is C21H20N4O2S. The summed E-state index contributed by atoms with van der Waals surface area (Å²) in [6, 6.07) is 16.9. The molecule has 0 fully saturated rings. The smallest absolute Gasteiger partial charge is 0.266 e. The van der Waals surface area contributed by atoms with Crippen molar-refractivity contribution in [2.45, 2.75) is 24.9 Å². The molecule has 1 aromatic heterocycles. The zero-order valence-corrected chi connectivity index (χ0v) is 16.3. The summed E-state index contributed by atoms with van der Waals surface area (Å²) in [6.45, 7) is 2.35. The molecule has 0 aliphatic rings. The molecule has 28 heavy (non-hydrogen) atoms. The van der Waals surface area contributed by atoms with Crippen LogP contribution in [-0.2, 0) is 11.2 Å². The second kappa shape index (κ2) is 9.20. The van der Waals surface area contributed by atoms with Crippen LogP contribution in [-0.4, -0.2) is 27.8 Å². The lowest BCUT2D eigenvalue weighted by atomic mass is 10.1. The van der Waals surface area contributed by atoms with Crippen LogP contribution in [0.15, 0.2) is 58.5 Å². The Morgan fingerprint density at radius 1 is 1.21 bits per heavy atom.